The van der Waals surface area contributed by atoms with Gasteiger partial charge in [-0.3, -0.25) is 4.68 Å². The smallest absolute Gasteiger partial charge is 0.0641 e. The average molecular weight is 208 g/mol. The number of nitrogens with zero attached hydrogens (tertiary/aromatic N) is 2. The maximum atomic E-state index is 5.74. The maximum Gasteiger partial charge on any atom is 0.0641 e. The van der Waals surface area contributed by atoms with Gasteiger partial charge >= 0.3 is 0 Å². The lowest BCUT2D eigenvalue weighted by atomic mass is 10.1. The van der Waals surface area contributed by atoms with Crippen molar-refractivity contribution in [1.29, 1.82) is 0 Å². The molecule has 1 atom stereocenters. The summed E-state index contributed by atoms with van der Waals surface area (Å²) in [6.07, 6.45) is 2.01. The second-order valence-electron chi connectivity index (χ2n) is 3.97. The third-order valence-corrected chi connectivity index (χ3v) is 2.31. The quantitative estimate of drug-likeness (QED) is 0.707. The maximum absolute atomic E-state index is 5.74. The number of rotatable bonds is 5. The molecule has 0 radical (unpaired) electrons. The molecule has 0 fully saturated rings. The topological polar surface area (TPSA) is 55.9 Å². The highest BCUT2D eigenvalue weighted by molar-refractivity contribution is 5.20. The fourth-order valence-corrected chi connectivity index (χ4v) is 1.58. The van der Waals surface area contributed by atoms with Gasteiger partial charge in [0.2, 0.25) is 0 Å². The minimum Gasteiger partial charge on any atom is -0.329 e. The fraction of sp³-hybridized carbons (Fsp3) is 0.545. The van der Waals surface area contributed by atoms with Crippen LogP contribution in [0.25, 0.3) is 0 Å². The molecule has 15 heavy (non-hydrogen) atoms. The molecule has 0 aliphatic carbocycles. The minimum absolute atomic E-state index is 0.162. The molecule has 0 saturated heterocycles. The highest BCUT2D eigenvalue weighted by atomic mass is 15.3. The molecular weight excluding hydrogens is 188 g/mol. The van der Waals surface area contributed by atoms with E-state index in [0.29, 0.717) is 6.54 Å². The van der Waals surface area contributed by atoms with Gasteiger partial charge < -0.3 is 11.1 Å². The van der Waals surface area contributed by atoms with E-state index in [2.05, 4.69) is 17.0 Å². The van der Waals surface area contributed by atoms with Gasteiger partial charge in [-0.05, 0) is 13.8 Å². The summed E-state index contributed by atoms with van der Waals surface area (Å²) in [6, 6.07) is 0.162. The van der Waals surface area contributed by atoms with Crippen LogP contribution in [0.2, 0.25) is 0 Å². The number of aryl methyl sites for hydroxylation is 2. The first kappa shape index (κ1) is 11.9. The number of nitrogens with two attached hydrogens (primary N) is 1. The van der Waals surface area contributed by atoms with Crippen LogP contribution < -0.4 is 11.1 Å². The van der Waals surface area contributed by atoms with Gasteiger partial charge in [0.15, 0.2) is 0 Å². The Balaban J connectivity index is 2.73. The van der Waals surface area contributed by atoms with Crippen LogP contribution in [0.15, 0.2) is 18.3 Å². The van der Waals surface area contributed by atoms with E-state index in [4.69, 9.17) is 5.73 Å². The second-order valence-corrected chi connectivity index (χ2v) is 3.97. The Morgan fingerprint density at radius 1 is 1.73 bits per heavy atom. The van der Waals surface area contributed by atoms with Crippen LogP contribution in [0.4, 0.5) is 0 Å². The van der Waals surface area contributed by atoms with E-state index in [9.17, 15) is 0 Å². The first-order valence-electron chi connectivity index (χ1n) is 5.12. The normalized spacial score (nSPS) is 12.8. The molecule has 3 N–H and O–H groups in total. The van der Waals surface area contributed by atoms with E-state index in [0.717, 1.165) is 17.8 Å². The lowest BCUT2D eigenvalue weighted by Crippen LogP contribution is -2.29. The molecule has 0 saturated carbocycles. The first-order valence-corrected chi connectivity index (χ1v) is 5.12. The lowest BCUT2D eigenvalue weighted by Gasteiger charge is -2.16. The van der Waals surface area contributed by atoms with Gasteiger partial charge in [-0.25, -0.2) is 0 Å². The Kier molecular flexibility index (Phi) is 4.05. The Bertz CT molecular complexity index is 340. The summed E-state index contributed by atoms with van der Waals surface area (Å²) in [5.74, 6) is 0. The molecule has 0 aliphatic heterocycles. The number of hydrogen-bond acceptors (Lipinski definition) is 3. The van der Waals surface area contributed by atoms with Crippen LogP contribution in [-0.2, 0) is 7.05 Å². The van der Waals surface area contributed by atoms with Gasteiger partial charge in [-0.2, -0.15) is 5.10 Å². The third kappa shape index (κ3) is 3.18. The summed E-state index contributed by atoms with van der Waals surface area (Å²) in [6.45, 7) is 9.21. The van der Waals surface area contributed by atoms with E-state index in [-0.39, 0.29) is 6.04 Å². The Morgan fingerprint density at radius 2 is 2.40 bits per heavy atom. The van der Waals surface area contributed by atoms with Crippen LogP contribution in [0.5, 0.6) is 0 Å². The second kappa shape index (κ2) is 5.09. The number of aromatic nitrogens is 2. The van der Waals surface area contributed by atoms with E-state index in [1.807, 2.05) is 31.8 Å². The molecule has 0 aromatic carbocycles. The Morgan fingerprint density at radius 3 is 2.80 bits per heavy atom. The molecule has 1 rings (SSSR count). The van der Waals surface area contributed by atoms with Gasteiger partial charge in [0, 0.05) is 37.9 Å². The van der Waals surface area contributed by atoms with E-state index in [1.165, 1.54) is 5.56 Å². The standard InChI is InChI=1S/C11H20N4/c1-8(2)6-13-11(5-12)10-7-15(4)14-9(10)3/h7,11,13H,1,5-6,12H2,2-4H3. The van der Waals surface area contributed by atoms with E-state index < -0.39 is 0 Å². The zero-order valence-corrected chi connectivity index (χ0v) is 9.75. The van der Waals surface area contributed by atoms with Crippen LogP contribution >= 0.6 is 0 Å². The molecule has 84 valence electrons. The number of hydrogen-bond donors (Lipinski definition) is 2. The van der Waals surface area contributed by atoms with Gasteiger partial charge in [0.05, 0.1) is 5.69 Å². The van der Waals surface area contributed by atoms with Crippen molar-refractivity contribution in [1.82, 2.24) is 15.1 Å². The van der Waals surface area contributed by atoms with Crippen molar-refractivity contribution < 1.29 is 0 Å². The van der Waals surface area contributed by atoms with Crippen LogP contribution in [0.3, 0.4) is 0 Å². The van der Waals surface area contributed by atoms with Crippen molar-refractivity contribution in [2.45, 2.75) is 19.9 Å². The predicted octanol–water partition coefficient (Wildman–Crippen LogP) is 0.894. The molecule has 0 aliphatic rings. The molecule has 1 aromatic rings. The zero-order chi connectivity index (χ0) is 11.4. The van der Waals surface area contributed by atoms with E-state index >= 15 is 0 Å². The van der Waals surface area contributed by atoms with Crippen molar-refractivity contribution in [3.05, 3.63) is 29.6 Å². The summed E-state index contributed by atoms with van der Waals surface area (Å²) < 4.78 is 1.82. The molecule has 0 spiro atoms. The van der Waals surface area contributed by atoms with Crippen LogP contribution in [-0.4, -0.2) is 22.9 Å². The summed E-state index contributed by atoms with van der Waals surface area (Å²) in [5, 5.41) is 7.67. The largest absolute Gasteiger partial charge is 0.329 e. The Labute approximate surface area is 91.2 Å². The van der Waals surface area contributed by atoms with Crippen molar-refractivity contribution in [3.63, 3.8) is 0 Å². The SMILES string of the molecule is C=C(C)CNC(CN)c1cn(C)nc1C. The highest BCUT2D eigenvalue weighted by Crippen LogP contribution is 2.15. The molecule has 4 heteroatoms. The van der Waals surface area contributed by atoms with Crippen molar-refractivity contribution in [2.24, 2.45) is 12.8 Å². The summed E-state index contributed by atoms with van der Waals surface area (Å²) in [5.41, 5.74) is 9.04. The van der Waals surface area contributed by atoms with Gasteiger partial charge in [-0.15, -0.1) is 0 Å². The zero-order valence-electron chi connectivity index (χ0n) is 9.75. The van der Waals surface area contributed by atoms with Gasteiger partial charge in [0.25, 0.3) is 0 Å². The highest BCUT2D eigenvalue weighted by Gasteiger charge is 2.13. The van der Waals surface area contributed by atoms with Crippen LogP contribution in [0, 0.1) is 6.92 Å². The Hall–Kier alpha value is -1.13. The number of nitrogens with one attached hydrogen (secondary N) is 1. The summed E-state index contributed by atoms with van der Waals surface area (Å²) in [7, 11) is 1.92. The molecule has 4 nitrogen and oxygen atoms in total. The van der Waals surface area contributed by atoms with Crippen LogP contribution in [0.1, 0.15) is 24.2 Å². The summed E-state index contributed by atoms with van der Waals surface area (Å²) >= 11 is 0. The monoisotopic (exact) mass is 208 g/mol. The first-order chi connectivity index (χ1) is 7.04. The molecule has 0 bridgehead atoms. The molecular formula is C11H20N4. The summed E-state index contributed by atoms with van der Waals surface area (Å²) in [4.78, 5) is 0. The van der Waals surface area contributed by atoms with Gasteiger partial charge in [0.1, 0.15) is 0 Å². The van der Waals surface area contributed by atoms with Gasteiger partial charge in [-0.1, -0.05) is 12.2 Å². The van der Waals surface area contributed by atoms with Crippen molar-refractivity contribution in [3.8, 4) is 0 Å². The minimum atomic E-state index is 0.162. The lowest BCUT2D eigenvalue weighted by molar-refractivity contribution is 0.567. The average Bonchev–Trinajstić information content (AvgIpc) is 2.46. The molecule has 0 amide bonds. The molecule has 1 aromatic heterocycles. The molecule has 1 unspecified atom stereocenters. The van der Waals surface area contributed by atoms with Crippen molar-refractivity contribution >= 4 is 0 Å². The van der Waals surface area contributed by atoms with Crippen molar-refractivity contribution in [2.75, 3.05) is 13.1 Å². The molecule has 1 heterocycles. The fourth-order valence-electron chi connectivity index (χ4n) is 1.58. The third-order valence-electron chi connectivity index (χ3n) is 2.31. The predicted molar refractivity (Wildman–Crippen MR) is 62.6 cm³/mol. The van der Waals surface area contributed by atoms with E-state index in [1.54, 1.807) is 0 Å².